The molecule has 1 heteroatoms. The van der Waals surface area contributed by atoms with Crippen molar-refractivity contribution in [1.82, 2.24) is 5.32 Å². The predicted molar refractivity (Wildman–Crippen MR) is 85.9 cm³/mol. The minimum Gasteiger partial charge on any atom is -0.317 e. The van der Waals surface area contributed by atoms with E-state index in [1.54, 1.807) is 0 Å². The fourth-order valence-electron chi connectivity index (χ4n) is 3.14. The summed E-state index contributed by atoms with van der Waals surface area (Å²) in [6.07, 6.45) is 3.87. The highest BCUT2D eigenvalue weighted by Crippen LogP contribution is 2.25. The maximum Gasteiger partial charge on any atom is -0.00462 e. The Hall–Kier alpha value is -1.60. The molecule has 1 fully saturated rings. The average Bonchev–Trinajstić information content (AvgIpc) is 2.50. The molecule has 0 aromatic heterocycles. The highest BCUT2D eigenvalue weighted by Gasteiger charge is 2.13. The van der Waals surface area contributed by atoms with Crippen molar-refractivity contribution in [3.8, 4) is 11.1 Å². The van der Waals surface area contributed by atoms with E-state index in [4.69, 9.17) is 0 Å². The van der Waals surface area contributed by atoms with Crippen LogP contribution < -0.4 is 5.32 Å². The molecule has 2 aromatic rings. The van der Waals surface area contributed by atoms with E-state index in [-0.39, 0.29) is 0 Å². The lowest BCUT2D eigenvalue weighted by Crippen LogP contribution is -2.28. The first kappa shape index (κ1) is 13.4. The summed E-state index contributed by atoms with van der Waals surface area (Å²) in [7, 11) is 0. The number of aryl methyl sites for hydroxylation is 1. The van der Waals surface area contributed by atoms with Crippen LogP contribution in [0.1, 0.15) is 24.0 Å². The van der Waals surface area contributed by atoms with Gasteiger partial charge in [0.25, 0.3) is 0 Å². The van der Waals surface area contributed by atoms with Crippen molar-refractivity contribution < 1.29 is 0 Å². The molecule has 0 bridgehead atoms. The van der Waals surface area contributed by atoms with Gasteiger partial charge >= 0.3 is 0 Å². The molecule has 20 heavy (non-hydrogen) atoms. The Kier molecular flexibility index (Phi) is 4.17. The van der Waals surface area contributed by atoms with Gasteiger partial charge in [0.05, 0.1) is 0 Å². The molecule has 0 radical (unpaired) electrons. The molecular weight excluding hydrogens is 242 g/mol. The second-order valence-corrected chi connectivity index (χ2v) is 5.91. The zero-order valence-corrected chi connectivity index (χ0v) is 12.2. The van der Waals surface area contributed by atoms with Crippen molar-refractivity contribution in [3.05, 3.63) is 59.7 Å². The van der Waals surface area contributed by atoms with Gasteiger partial charge in [-0.05, 0) is 67.4 Å². The molecular formula is C19H23N. The third kappa shape index (κ3) is 3.10. The van der Waals surface area contributed by atoms with Gasteiger partial charge in [0.15, 0.2) is 0 Å². The molecule has 0 amide bonds. The van der Waals surface area contributed by atoms with E-state index in [1.807, 2.05) is 0 Å². The lowest BCUT2D eigenvalue weighted by molar-refractivity contribution is 0.372. The van der Waals surface area contributed by atoms with E-state index in [9.17, 15) is 0 Å². The molecule has 0 saturated carbocycles. The highest BCUT2D eigenvalue weighted by molar-refractivity contribution is 5.67. The van der Waals surface area contributed by atoms with E-state index in [0.717, 1.165) is 5.92 Å². The number of benzene rings is 2. The first-order valence-electron chi connectivity index (χ1n) is 7.68. The fourth-order valence-corrected chi connectivity index (χ4v) is 3.14. The van der Waals surface area contributed by atoms with Gasteiger partial charge in [-0.3, -0.25) is 0 Å². The quantitative estimate of drug-likeness (QED) is 0.877. The third-order valence-electron chi connectivity index (χ3n) is 4.39. The maximum atomic E-state index is 3.44. The van der Waals surface area contributed by atoms with Gasteiger partial charge in [-0.15, -0.1) is 0 Å². The predicted octanol–water partition coefficient (Wildman–Crippen LogP) is 4.20. The second-order valence-electron chi connectivity index (χ2n) is 5.91. The van der Waals surface area contributed by atoms with Crippen LogP contribution in [0.4, 0.5) is 0 Å². The van der Waals surface area contributed by atoms with Crippen LogP contribution in [-0.4, -0.2) is 13.1 Å². The van der Waals surface area contributed by atoms with Crippen molar-refractivity contribution in [2.75, 3.05) is 13.1 Å². The molecule has 0 unspecified atom stereocenters. The number of piperidine rings is 1. The first-order valence-corrected chi connectivity index (χ1v) is 7.68. The highest BCUT2D eigenvalue weighted by atomic mass is 14.9. The summed E-state index contributed by atoms with van der Waals surface area (Å²) in [5.41, 5.74) is 5.51. The maximum absolute atomic E-state index is 3.44. The number of rotatable bonds is 3. The summed E-state index contributed by atoms with van der Waals surface area (Å²) in [6.45, 7) is 4.55. The van der Waals surface area contributed by atoms with Crippen LogP contribution in [0.15, 0.2) is 48.5 Å². The van der Waals surface area contributed by atoms with Crippen molar-refractivity contribution in [1.29, 1.82) is 0 Å². The lowest BCUT2D eigenvalue weighted by atomic mass is 9.90. The van der Waals surface area contributed by atoms with Gasteiger partial charge in [-0.25, -0.2) is 0 Å². The van der Waals surface area contributed by atoms with E-state index in [1.165, 1.54) is 54.6 Å². The molecule has 1 N–H and O–H groups in total. The van der Waals surface area contributed by atoms with Crippen molar-refractivity contribution in [3.63, 3.8) is 0 Å². The van der Waals surface area contributed by atoms with E-state index >= 15 is 0 Å². The summed E-state index contributed by atoms with van der Waals surface area (Å²) >= 11 is 0. The van der Waals surface area contributed by atoms with Crippen LogP contribution in [0.2, 0.25) is 0 Å². The molecule has 2 aromatic carbocycles. The summed E-state index contributed by atoms with van der Waals surface area (Å²) in [5.74, 6) is 0.862. The van der Waals surface area contributed by atoms with E-state index in [0.29, 0.717) is 0 Å². The molecule has 1 nitrogen and oxygen atoms in total. The fraction of sp³-hybridized carbons (Fsp3) is 0.368. The molecule has 1 aliphatic heterocycles. The monoisotopic (exact) mass is 265 g/mol. The van der Waals surface area contributed by atoms with Gasteiger partial charge < -0.3 is 5.32 Å². The van der Waals surface area contributed by atoms with Gasteiger partial charge in [-0.2, -0.15) is 0 Å². The summed E-state index contributed by atoms with van der Waals surface area (Å²) in [5, 5.41) is 3.44. The Morgan fingerprint density at radius 1 is 0.950 bits per heavy atom. The van der Waals surface area contributed by atoms with Crippen molar-refractivity contribution in [2.24, 2.45) is 5.92 Å². The van der Waals surface area contributed by atoms with Crippen LogP contribution in [0.3, 0.4) is 0 Å². The minimum absolute atomic E-state index is 0.862. The number of nitrogens with one attached hydrogen (secondary N) is 1. The van der Waals surface area contributed by atoms with Crippen molar-refractivity contribution >= 4 is 0 Å². The van der Waals surface area contributed by atoms with Gasteiger partial charge in [0.2, 0.25) is 0 Å². The zero-order valence-electron chi connectivity index (χ0n) is 12.2. The Labute approximate surface area is 122 Å². The Balaban J connectivity index is 1.73. The molecule has 1 saturated heterocycles. The molecule has 0 spiro atoms. The summed E-state index contributed by atoms with van der Waals surface area (Å²) in [4.78, 5) is 0. The third-order valence-corrected chi connectivity index (χ3v) is 4.39. The molecule has 0 aliphatic carbocycles. The van der Waals surface area contributed by atoms with Gasteiger partial charge in [0, 0.05) is 0 Å². The average molecular weight is 265 g/mol. The number of hydrogen-bond donors (Lipinski definition) is 1. The van der Waals surface area contributed by atoms with Crippen LogP contribution in [-0.2, 0) is 6.42 Å². The Bertz CT molecular complexity index is 550. The smallest absolute Gasteiger partial charge is 0.00462 e. The second kappa shape index (κ2) is 6.23. The topological polar surface area (TPSA) is 12.0 Å². The van der Waals surface area contributed by atoms with Crippen LogP contribution in [0.25, 0.3) is 11.1 Å². The van der Waals surface area contributed by atoms with Crippen molar-refractivity contribution in [2.45, 2.75) is 26.2 Å². The van der Waals surface area contributed by atoms with Crippen LogP contribution in [0, 0.1) is 12.8 Å². The Morgan fingerprint density at radius 2 is 1.65 bits per heavy atom. The first-order chi connectivity index (χ1) is 9.83. The normalized spacial score (nSPS) is 16.2. The SMILES string of the molecule is Cc1ccccc1-c1ccc(CC2CCNCC2)cc1. The van der Waals surface area contributed by atoms with E-state index in [2.05, 4.69) is 60.8 Å². The molecule has 0 atom stereocenters. The molecule has 3 rings (SSSR count). The molecule has 1 heterocycles. The standard InChI is InChI=1S/C19H23N/c1-15-4-2-3-5-19(15)18-8-6-16(7-9-18)14-17-10-12-20-13-11-17/h2-9,17,20H,10-14H2,1H3. The number of hydrogen-bond acceptors (Lipinski definition) is 1. The largest absolute Gasteiger partial charge is 0.317 e. The zero-order chi connectivity index (χ0) is 13.8. The summed E-state index contributed by atoms with van der Waals surface area (Å²) < 4.78 is 0. The van der Waals surface area contributed by atoms with Gasteiger partial charge in [-0.1, -0.05) is 48.5 Å². The van der Waals surface area contributed by atoms with Crippen LogP contribution >= 0.6 is 0 Å². The van der Waals surface area contributed by atoms with Crippen LogP contribution in [0.5, 0.6) is 0 Å². The lowest BCUT2D eigenvalue weighted by Gasteiger charge is -2.22. The summed E-state index contributed by atoms with van der Waals surface area (Å²) in [6, 6.07) is 17.8. The molecule has 1 aliphatic rings. The molecule has 104 valence electrons. The van der Waals surface area contributed by atoms with E-state index < -0.39 is 0 Å². The Morgan fingerprint density at radius 3 is 2.35 bits per heavy atom. The van der Waals surface area contributed by atoms with Gasteiger partial charge in [0.1, 0.15) is 0 Å². The minimum atomic E-state index is 0.862.